The second kappa shape index (κ2) is 5.12. The van der Waals surface area contributed by atoms with Gasteiger partial charge >= 0.3 is 0 Å². The highest BCUT2D eigenvalue weighted by Gasteiger charge is 2.05. The van der Waals surface area contributed by atoms with Gasteiger partial charge in [-0.15, -0.1) is 11.3 Å². The topological polar surface area (TPSA) is 41.6 Å². The van der Waals surface area contributed by atoms with Crippen molar-refractivity contribution in [2.45, 2.75) is 24.3 Å². The van der Waals surface area contributed by atoms with Crippen LogP contribution in [0.25, 0.3) is 11.0 Å². The van der Waals surface area contributed by atoms with Gasteiger partial charge in [-0.2, -0.15) is 0 Å². The Balaban J connectivity index is 1.72. The van der Waals surface area contributed by atoms with Crippen LogP contribution in [0.4, 0.5) is 0 Å². The lowest BCUT2D eigenvalue weighted by Crippen LogP contribution is -1.83. The number of thiazole rings is 1. The normalized spacial score (nSPS) is 11.2. The third-order valence-corrected chi connectivity index (χ3v) is 4.58. The molecule has 0 atom stereocenters. The van der Waals surface area contributed by atoms with Crippen molar-refractivity contribution >= 4 is 34.1 Å². The van der Waals surface area contributed by atoms with Gasteiger partial charge in [0.15, 0.2) is 5.16 Å². The fraction of sp³-hybridized carbons (Fsp3) is 0.231. The molecular formula is C13H13N3S2. The second-order valence-corrected chi connectivity index (χ2v) is 5.84. The number of imidazole rings is 1. The van der Waals surface area contributed by atoms with Crippen LogP contribution in [-0.4, -0.2) is 15.0 Å². The monoisotopic (exact) mass is 275 g/mol. The van der Waals surface area contributed by atoms with Gasteiger partial charge in [-0.3, -0.25) is 0 Å². The molecule has 0 saturated carbocycles. The maximum absolute atomic E-state index is 4.55. The van der Waals surface area contributed by atoms with Crippen LogP contribution in [0.15, 0.2) is 34.8 Å². The fourth-order valence-corrected chi connectivity index (χ4v) is 3.35. The van der Waals surface area contributed by atoms with Gasteiger partial charge in [0.2, 0.25) is 0 Å². The van der Waals surface area contributed by atoms with E-state index in [0.29, 0.717) is 0 Å². The van der Waals surface area contributed by atoms with E-state index in [9.17, 15) is 0 Å². The smallest absolute Gasteiger partial charge is 0.166 e. The molecule has 18 heavy (non-hydrogen) atoms. The number of hydrogen-bond acceptors (Lipinski definition) is 4. The zero-order valence-electron chi connectivity index (χ0n) is 10.0. The van der Waals surface area contributed by atoms with E-state index in [1.165, 1.54) is 5.01 Å². The zero-order valence-corrected chi connectivity index (χ0v) is 11.6. The lowest BCUT2D eigenvalue weighted by Gasteiger charge is -1.93. The molecule has 0 aliphatic rings. The molecule has 1 N–H and O–H groups in total. The van der Waals surface area contributed by atoms with E-state index >= 15 is 0 Å². The molecule has 0 radical (unpaired) electrons. The minimum Gasteiger partial charge on any atom is -0.333 e. The summed E-state index contributed by atoms with van der Waals surface area (Å²) in [6, 6.07) is 8.09. The molecule has 3 nitrogen and oxygen atoms in total. The van der Waals surface area contributed by atoms with Crippen LogP contribution in [-0.2, 0) is 12.2 Å². The number of nitrogens with one attached hydrogen (secondary N) is 1. The van der Waals surface area contributed by atoms with Crippen LogP contribution in [0.2, 0.25) is 0 Å². The summed E-state index contributed by atoms with van der Waals surface area (Å²) < 4.78 is 0. The molecule has 1 aromatic carbocycles. The van der Waals surface area contributed by atoms with Crippen LogP contribution in [0, 0.1) is 0 Å². The average Bonchev–Trinajstić information content (AvgIpc) is 3.02. The first-order valence-corrected chi connectivity index (χ1v) is 7.72. The molecule has 0 unspecified atom stereocenters. The van der Waals surface area contributed by atoms with Crippen molar-refractivity contribution in [3.63, 3.8) is 0 Å². The zero-order chi connectivity index (χ0) is 12.4. The maximum atomic E-state index is 4.55. The molecule has 92 valence electrons. The molecule has 2 aromatic heterocycles. The first kappa shape index (κ1) is 11.7. The summed E-state index contributed by atoms with van der Waals surface area (Å²) >= 11 is 3.44. The standard InChI is InChI=1S/C13H13N3S2/c1-2-12-14-9(7-17-12)8-18-13-15-10-5-3-4-6-11(10)16-13/h3-7H,2,8H2,1H3,(H,15,16). The Bertz CT molecular complexity index is 624. The van der Waals surface area contributed by atoms with Crippen molar-refractivity contribution in [1.82, 2.24) is 15.0 Å². The predicted octanol–water partition coefficient (Wildman–Crippen LogP) is 3.87. The lowest BCUT2D eigenvalue weighted by molar-refractivity contribution is 1.05. The van der Waals surface area contributed by atoms with Gasteiger partial charge in [-0.25, -0.2) is 9.97 Å². The summed E-state index contributed by atoms with van der Waals surface area (Å²) in [5, 5.41) is 4.30. The third-order valence-electron chi connectivity index (χ3n) is 2.63. The molecule has 5 heteroatoms. The Kier molecular flexibility index (Phi) is 3.34. The van der Waals surface area contributed by atoms with Gasteiger partial charge in [0, 0.05) is 11.1 Å². The minimum atomic E-state index is 0.871. The number of hydrogen-bond donors (Lipinski definition) is 1. The highest BCUT2D eigenvalue weighted by Crippen LogP contribution is 2.23. The van der Waals surface area contributed by atoms with Crippen LogP contribution in [0.1, 0.15) is 17.6 Å². The quantitative estimate of drug-likeness (QED) is 0.735. The van der Waals surface area contributed by atoms with Gasteiger partial charge in [-0.05, 0) is 18.6 Å². The number of thioether (sulfide) groups is 1. The summed E-state index contributed by atoms with van der Waals surface area (Å²) in [7, 11) is 0. The van der Waals surface area contributed by atoms with Crippen LogP contribution < -0.4 is 0 Å². The number of fused-ring (bicyclic) bond motifs is 1. The molecule has 0 saturated heterocycles. The molecular weight excluding hydrogens is 262 g/mol. The Hall–Kier alpha value is -1.33. The molecule has 0 fully saturated rings. The first-order chi connectivity index (χ1) is 8.85. The second-order valence-electron chi connectivity index (χ2n) is 3.93. The number of aryl methyl sites for hydroxylation is 1. The molecule has 0 aliphatic heterocycles. The average molecular weight is 275 g/mol. The van der Waals surface area contributed by atoms with Crippen LogP contribution >= 0.6 is 23.1 Å². The number of benzene rings is 1. The summed E-state index contributed by atoms with van der Waals surface area (Å²) in [6.07, 6.45) is 1.01. The summed E-state index contributed by atoms with van der Waals surface area (Å²) in [6.45, 7) is 2.13. The van der Waals surface area contributed by atoms with Crippen LogP contribution in [0.5, 0.6) is 0 Å². The molecule has 3 aromatic rings. The minimum absolute atomic E-state index is 0.871. The summed E-state index contributed by atoms with van der Waals surface area (Å²) in [4.78, 5) is 12.4. The highest BCUT2D eigenvalue weighted by atomic mass is 32.2. The Morgan fingerprint density at radius 3 is 2.94 bits per heavy atom. The van der Waals surface area contributed by atoms with Crippen molar-refractivity contribution in [2.24, 2.45) is 0 Å². The number of aromatic amines is 1. The Morgan fingerprint density at radius 1 is 1.28 bits per heavy atom. The van der Waals surface area contributed by atoms with Gasteiger partial charge in [-0.1, -0.05) is 30.8 Å². The van der Waals surface area contributed by atoms with Gasteiger partial charge < -0.3 is 4.98 Å². The molecule has 0 aliphatic carbocycles. The summed E-state index contributed by atoms with van der Waals surface area (Å²) in [5.74, 6) is 0.871. The number of aromatic nitrogens is 3. The van der Waals surface area contributed by atoms with E-state index < -0.39 is 0 Å². The summed E-state index contributed by atoms with van der Waals surface area (Å²) in [5.41, 5.74) is 3.25. The van der Waals surface area contributed by atoms with Gasteiger partial charge in [0.05, 0.1) is 21.7 Å². The number of nitrogens with zero attached hydrogens (tertiary/aromatic N) is 2. The third kappa shape index (κ3) is 2.42. The number of H-pyrrole nitrogens is 1. The van der Waals surface area contributed by atoms with E-state index in [0.717, 1.165) is 34.1 Å². The van der Waals surface area contributed by atoms with E-state index in [2.05, 4.69) is 27.3 Å². The van der Waals surface area contributed by atoms with Gasteiger partial charge in [0.1, 0.15) is 0 Å². The van der Waals surface area contributed by atoms with Crippen molar-refractivity contribution in [3.8, 4) is 0 Å². The molecule has 0 amide bonds. The lowest BCUT2D eigenvalue weighted by atomic mass is 10.3. The van der Waals surface area contributed by atoms with Gasteiger partial charge in [0.25, 0.3) is 0 Å². The van der Waals surface area contributed by atoms with E-state index in [-0.39, 0.29) is 0 Å². The van der Waals surface area contributed by atoms with Crippen molar-refractivity contribution < 1.29 is 0 Å². The number of rotatable bonds is 4. The molecule has 0 spiro atoms. The molecule has 3 rings (SSSR count). The fourth-order valence-electron chi connectivity index (χ4n) is 1.72. The number of para-hydroxylation sites is 2. The largest absolute Gasteiger partial charge is 0.333 e. The SMILES string of the molecule is CCc1nc(CSc2nc3ccccc3[nH]2)cs1. The van der Waals surface area contributed by atoms with E-state index in [4.69, 9.17) is 0 Å². The van der Waals surface area contributed by atoms with E-state index in [1.807, 2.05) is 24.3 Å². The first-order valence-electron chi connectivity index (χ1n) is 5.86. The Morgan fingerprint density at radius 2 is 2.17 bits per heavy atom. The molecule has 2 heterocycles. The maximum Gasteiger partial charge on any atom is 0.166 e. The molecule has 0 bridgehead atoms. The van der Waals surface area contributed by atoms with Crippen molar-refractivity contribution in [2.75, 3.05) is 0 Å². The Labute approximate surface area is 114 Å². The van der Waals surface area contributed by atoms with Crippen molar-refractivity contribution in [1.29, 1.82) is 0 Å². The van der Waals surface area contributed by atoms with Crippen molar-refractivity contribution in [3.05, 3.63) is 40.3 Å². The van der Waals surface area contributed by atoms with E-state index in [1.54, 1.807) is 23.1 Å². The predicted molar refractivity (Wildman–Crippen MR) is 77.1 cm³/mol. The highest BCUT2D eigenvalue weighted by molar-refractivity contribution is 7.98. The van der Waals surface area contributed by atoms with Crippen LogP contribution in [0.3, 0.4) is 0 Å².